The van der Waals surface area contributed by atoms with Crippen LogP contribution < -0.4 is 14.8 Å². The van der Waals surface area contributed by atoms with Crippen LogP contribution in [0, 0.1) is 0 Å². The van der Waals surface area contributed by atoms with Gasteiger partial charge in [0.25, 0.3) is 5.91 Å². The fraction of sp³-hybridized carbons (Fsp3) is 0.269. The molecule has 5 heteroatoms. The largest absolute Gasteiger partial charge is 0.478 e. The maximum absolute atomic E-state index is 12.8. The van der Waals surface area contributed by atoms with E-state index in [9.17, 15) is 4.79 Å². The number of nitrogens with one attached hydrogen (secondary N) is 1. The van der Waals surface area contributed by atoms with E-state index in [-0.39, 0.29) is 11.3 Å². The Labute approximate surface area is 189 Å². The molecule has 0 aliphatic heterocycles. The van der Waals surface area contributed by atoms with Crippen LogP contribution in [0.3, 0.4) is 0 Å². The van der Waals surface area contributed by atoms with Gasteiger partial charge in [0.05, 0.1) is 0 Å². The molecule has 0 saturated heterocycles. The van der Waals surface area contributed by atoms with Gasteiger partial charge in [-0.05, 0) is 85.5 Å². The predicted octanol–water partition coefficient (Wildman–Crippen LogP) is 7.23. The molecule has 31 heavy (non-hydrogen) atoms. The van der Waals surface area contributed by atoms with Crippen molar-refractivity contribution in [3.8, 4) is 17.2 Å². The van der Waals surface area contributed by atoms with Crippen molar-refractivity contribution in [1.29, 1.82) is 0 Å². The topological polar surface area (TPSA) is 47.6 Å². The number of halogens is 1. The smallest absolute Gasteiger partial charge is 0.267 e. The number of hydrogen-bond donors (Lipinski definition) is 1. The van der Waals surface area contributed by atoms with E-state index in [1.807, 2.05) is 24.3 Å². The summed E-state index contributed by atoms with van der Waals surface area (Å²) in [6.07, 6.45) is 0. The molecule has 1 N–H and O–H groups in total. The molecule has 0 bridgehead atoms. The van der Waals surface area contributed by atoms with Crippen molar-refractivity contribution in [2.45, 2.75) is 45.6 Å². The highest BCUT2D eigenvalue weighted by molar-refractivity contribution is 6.30. The fourth-order valence-corrected chi connectivity index (χ4v) is 3.02. The number of anilines is 1. The summed E-state index contributed by atoms with van der Waals surface area (Å²) in [5.74, 6) is 1.77. The molecular weight excluding hydrogens is 410 g/mol. The molecule has 0 aromatic heterocycles. The first-order valence-corrected chi connectivity index (χ1v) is 10.6. The lowest BCUT2D eigenvalue weighted by molar-refractivity contribution is -0.128. The molecule has 0 fully saturated rings. The molecular formula is C26H28ClNO3. The Morgan fingerprint density at radius 1 is 0.742 bits per heavy atom. The quantitative estimate of drug-likeness (QED) is 0.442. The van der Waals surface area contributed by atoms with Crippen LogP contribution in [-0.2, 0) is 10.2 Å². The summed E-state index contributed by atoms with van der Waals surface area (Å²) >= 11 is 5.89. The van der Waals surface area contributed by atoms with Crippen LogP contribution in [-0.4, -0.2) is 11.5 Å². The van der Waals surface area contributed by atoms with Crippen molar-refractivity contribution in [2.24, 2.45) is 0 Å². The van der Waals surface area contributed by atoms with E-state index in [2.05, 4.69) is 26.1 Å². The third kappa shape index (κ3) is 6.25. The summed E-state index contributed by atoms with van der Waals surface area (Å²) < 4.78 is 11.7. The van der Waals surface area contributed by atoms with E-state index >= 15 is 0 Å². The molecule has 0 heterocycles. The van der Waals surface area contributed by atoms with Gasteiger partial charge >= 0.3 is 0 Å². The molecule has 4 nitrogen and oxygen atoms in total. The van der Waals surface area contributed by atoms with E-state index in [1.54, 1.807) is 62.4 Å². The van der Waals surface area contributed by atoms with Crippen LogP contribution in [0.25, 0.3) is 0 Å². The van der Waals surface area contributed by atoms with Crippen molar-refractivity contribution >= 4 is 23.2 Å². The highest BCUT2D eigenvalue weighted by Crippen LogP contribution is 2.27. The van der Waals surface area contributed by atoms with Gasteiger partial charge in [-0.3, -0.25) is 4.79 Å². The van der Waals surface area contributed by atoms with Crippen LogP contribution in [0.4, 0.5) is 5.69 Å². The number of carbonyl (C=O) groups excluding carboxylic acids is 1. The second-order valence-electron chi connectivity index (χ2n) is 8.92. The summed E-state index contributed by atoms with van der Waals surface area (Å²) in [6.45, 7) is 9.97. The van der Waals surface area contributed by atoms with Gasteiger partial charge in [0, 0.05) is 10.7 Å². The summed E-state index contributed by atoms with van der Waals surface area (Å²) in [4.78, 5) is 12.8. The van der Waals surface area contributed by atoms with E-state index in [4.69, 9.17) is 21.1 Å². The SMILES string of the molecule is CC(C)(Oc1ccc(C(C)(C)C)cc1)C(=O)Nc1ccc(Oc2ccc(Cl)cc2)cc1. The Bertz CT molecular complexity index is 1020. The third-order valence-electron chi connectivity index (χ3n) is 4.80. The predicted molar refractivity (Wildman–Crippen MR) is 126 cm³/mol. The first-order valence-electron chi connectivity index (χ1n) is 10.2. The molecule has 0 aliphatic rings. The molecule has 0 radical (unpaired) electrons. The van der Waals surface area contributed by atoms with Crippen molar-refractivity contribution in [3.05, 3.63) is 83.4 Å². The van der Waals surface area contributed by atoms with Gasteiger partial charge in [-0.15, -0.1) is 0 Å². The minimum absolute atomic E-state index is 0.0643. The number of ether oxygens (including phenoxy) is 2. The number of hydrogen-bond acceptors (Lipinski definition) is 3. The lowest BCUT2D eigenvalue weighted by atomic mass is 9.87. The van der Waals surface area contributed by atoms with Gasteiger partial charge < -0.3 is 14.8 Å². The molecule has 162 valence electrons. The first-order chi connectivity index (χ1) is 14.5. The highest BCUT2D eigenvalue weighted by atomic mass is 35.5. The standard InChI is InChI=1S/C26H28ClNO3/c1-25(2,3)18-6-12-23(13-7-18)31-26(4,5)24(29)28-20-10-16-22(17-11-20)30-21-14-8-19(27)9-15-21/h6-17H,1-5H3,(H,28,29). The zero-order valence-electron chi connectivity index (χ0n) is 18.5. The van der Waals surface area contributed by atoms with E-state index in [1.165, 1.54) is 5.56 Å². The minimum Gasteiger partial charge on any atom is -0.478 e. The molecule has 0 saturated carbocycles. The van der Waals surface area contributed by atoms with Crippen molar-refractivity contribution in [2.75, 3.05) is 5.32 Å². The molecule has 0 unspecified atom stereocenters. The average molecular weight is 438 g/mol. The third-order valence-corrected chi connectivity index (χ3v) is 5.05. The van der Waals surface area contributed by atoms with Gasteiger partial charge in [0.15, 0.2) is 5.60 Å². The molecule has 0 spiro atoms. The molecule has 3 aromatic rings. The number of benzene rings is 3. The second kappa shape index (κ2) is 9.03. The van der Waals surface area contributed by atoms with Gasteiger partial charge in [0.2, 0.25) is 0 Å². The van der Waals surface area contributed by atoms with Crippen LogP contribution in [0.1, 0.15) is 40.2 Å². The number of carbonyl (C=O) groups is 1. The zero-order valence-corrected chi connectivity index (χ0v) is 19.3. The Kier molecular flexibility index (Phi) is 6.61. The lowest BCUT2D eigenvalue weighted by Gasteiger charge is -2.26. The van der Waals surface area contributed by atoms with Crippen LogP contribution in [0.2, 0.25) is 5.02 Å². The lowest BCUT2D eigenvalue weighted by Crippen LogP contribution is -2.42. The van der Waals surface area contributed by atoms with Gasteiger partial charge in [-0.25, -0.2) is 0 Å². The van der Waals surface area contributed by atoms with Gasteiger partial charge in [0.1, 0.15) is 17.2 Å². The molecule has 1 amide bonds. The summed E-state index contributed by atoms with van der Waals surface area (Å²) in [6, 6.07) is 22.2. The van der Waals surface area contributed by atoms with Crippen LogP contribution >= 0.6 is 11.6 Å². The Morgan fingerprint density at radius 3 is 1.74 bits per heavy atom. The van der Waals surface area contributed by atoms with E-state index in [0.717, 1.165) is 0 Å². The van der Waals surface area contributed by atoms with Gasteiger partial charge in [-0.1, -0.05) is 44.5 Å². The van der Waals surface area contributed by atoms with Crippen molar-refractivity contribution in [3.63, 3.8) is 0 Å². The van der Waals surface area contributed by atoms with Crippen molar-refractivity contribution in [1.82, 2.24) is 0 Å². The van der Waals surface area contributed by atoms with Crippen LogP contribution in [0.15, 0.2) is 72.8 Å². The molecule has 0 atom stereocenters. The maximum atomic E-state index is 12.8. The van der Waals surface area contributed by atoms with Crippen molar-refractivity contribution < 1.29 is 14.3 Å². The van der Waals surface area contributed by atoms with Crippen LogP contribution in [0.5, 0.6) is 17.2 Å². The molecule has 0 aliphatic carbocycles. The van der Waals surface area contributed by atoms with E-state index in [0.29, 0.717) is 28.0 Å². The summed E-state index contributed by atoms with van der Waals surface area (Å²) in [7, 11) is 0. The zero-order chi connectivity index (χ0) is 22.6. The molecule has 3 rings (SSSR count). The number of rotatable bonds is 6. The minimum atomic E-state index is -1.04. The monoisotopic (exact) mass is 437 g/mol. The first kappa shape index (κ1) is 22.7. The maximum Gasteiger partial charge on any atom is 0.267 e. The number of amides is 1. The average Bonchev–Trinajstić information content (AvgIpc) is 2.70. The summed E-state index contributed by atoms with van der Waals surface area (Å²) in [5, 5.41) is 3.55. The Balaban J connectivity index is 1.61. The molecule has 3 aromatic carbocycles. The van der Waals surface area contributed by atoms with E-state index < -0.39 is 5.60 Å². The Hall–Kier alpha value is -2.98. The fourth-order valence-electron chi connectivity index (χ4n) is 2.89. The second-order valence-corrected chi connectivity index (χ2v) is 9.36. The summed E-state index contributed by atoms with van der Waals surface area (Å²) in [5.41, 5.74) is 0.896. The Morgan fingerprint density at radius 2 is 1.23 bits per heavy atom. The normalized spacial score (nSPS) is 11.7. The van der Waals surface area contributed by atoms with Gasteiger partial charge in [-0.2, -0.15) is 0 Å². The highest BCUT2D eigenvalue weighted by Gasteiger charge is 2.30.